The van der Waals surface area contributed by atoms with Crippen molar-refractivity contribution in [1.29, 1.82) is 0 Å². The molecular formula is C20H22OS. The van der Waals surface area contributed by atoms with Gasteiger partial charge in [0.1, 0.15) is 5.76 Å². The van der Waals surface area contributed by atoms with Crippen molar-refractivity contribution in [2.45, 2.75) is 23.6 Å². The van der Waals surface area contributed by atoms with Crippen molar-refractivity contribution >= 4 is 15.0 Å². The number of hydrogen-bond donors (Lipinski definition) is 1. The molecule has 0 aromatic heterocycles. The van der Waals surface area contributed by atoms with Crippen molar-refractivity contribution in [2.75, 3.05) is 7.11 Å². The van der Waals surface area contributed by atoms with E-state index in [1.165, 1.54) is 20.9 Å². The minimum Gasteiger partial charge on any atom is -0.497 e. The molecular weight excluding hydrogens is 288 g/mol. The maximum Gasteiger partial charge on any atom is 0.119 e. The van der Waals surface area contributed by atoms with Gasteiger partial charge < -0.3 is 4.74 Å². The first kappa shape index (κ1) is 14.9. The third-order valence-electron chi connectivity index (χ3n) is 4.11. The molecule has 0 aliphatic carbocycles. The summed E-state index contributed by atoms with van der Waals surface area (Å²) < 4.78 is 5.36. The molecule has 0 atom stereocenters. The van der Waals surface area contributed by atoms with E-state index in [0.29, 0.717) is 0 Å². The van der Waals surface area contributed by atoms with Crippen LogP contribution in [-0.4, -0.2) is 12.5 Å². The Morgan fingerprint density at radius 2 is 1.27 bits per heavy atom. The van der Waals surface area contributed by atoms with Gasteiger partial charge in [-0.25, -0.2) is 0 Å². The highest BCUT2D eigenvalue weighted by Crippen LogP contribution is 2.55. The van der Waals surface area contributed by atoms with Gasteiger partial charge in [-0.2, -0.15) is 9.62 Å². The van der Waals surface area contributed by atoms with Crippen LogP contribution in [0, 0.1) is 13.8 Å². The predicted molar refractivity (Wildman–Crippen MR) is 98.2 cm³/mol. The van der Waals surface area contributed by atoms with Crippen molar-refractivity contribution < 1.29 is 4.74 Å². The van der Waals surface area contributed by atoms with Crippen LogP contribution in [0.3, 0.4) is 0 Å². The summed E-state index contributed by atoms with van der Waals surface area (Å²) in [4.78, 5) is 2.76. The van der Waals surface area contributed by atoms with Gasteiger partial charge in [-0.1, -0.05) is 35.4 Å². The Labute approximate surface area is 133 Å². The molecule has 0 radical (unpaired) electrons. The number of rotatable bonds is 3. The van der Waals surface area contributed by atoms with Crippen LogP contribution in [0.5, 0.6) is 0 Å². The van der Waals surface area contributed by atoms with Gasteiger partial charge in [0, 0.05) is 0 Å². The van der Waals surface area contributed by atoms with E-state index in [1.54, 1.807) is 7.11 Å². The van der Waals surface area contributed by atoms with Crippen LogP contribution in [0.25, 0.3) is 0 Å². The summed E-state index contributed by atoms with van der Waals surface area (Å²) in [6.45, 7) is 4.26. The minimum atomic E-state index is -1.65. The number of hydrogen-bond acceptors (Lipinski definition) is 1. The molecule has 2 heteroatoms. The Morgan fingerprint density at radius 3 is 1.64 bits per heavy atom. The number of ether oxygens (including phenoxy) is 1. The van der Waals surface area contributed by atoms with E-state index in [9.17, 15) is 0 Å². The number of allylic oxidation sites excluding steroid dienone is 2. The smallest absolute Gasteiger partial charge is 0.119 e. The lowest BCUT2D eigenvalue weighted by Gasteiger charge is -2.31. The fourth-order valence-corrected chi connectivity index (χ4v) is 5.83. The molecule has 0 fully saturated rings. The van der Waals surface area contributed by atoms with Crippen molar-refractivity contribution in [2.24, 2.45) is 0 Å². The van der Waals surface area contributed by atoms with E-state index in [4.69, 9.17) is 4.74 Å². The van der Waals surface area contributed by atoms with Gasteiger partial charge in [0.15, 0.2) is 0 Å². The fraction of sp³-hybridized carbons (Fsp3) is 0.150. The molecule has 1 heterocycles. The van der Waals surface area contributed by atoms with Gasteiger partial charge in [-0.15, -0.1) is 0 Å². The van der Waals surface area contributed by atoms with Crippen molar-refractivity contribution in [3.05, 3.63) is 83.0 Å². The largest absolute Gasteiger partial charge is 0.497 e. The molecule has 0 unspecified atom stereocenters. The molecule has 0 saturated carbocycles. The fourth-order valence-electron chi connectivity index (χ4n) is 2.70. The van der Waals surface area contributed by atoms with Crippen LogP contribution in [0.15, 0.2) is 81.6 Å². The zero-order valence-electron chi connectivity index (χ0n) is 13.3. The highest BCUT2D eigenvalue weighted by molar-refractivity contribution is 8.34. The Kier molecular flexibility index (Phi) is 4.04. The maximum atomic E-state index is 5.36. The van der Waals surface area contributed by atoms with Gasteiger partial charge in [0.05, 0.1) is 7.11 Å². The Balaban J connectivity index is 2.22. The molecule has 2 aromatic rings. The second kappa shape index (κ2) is 5.98. The average molecular weight is 310 g/mol. The van der Waals surface area contributed by atoms with Crippen LogP contribution >= 0.6 is 9.62 Å². The molecule has 22 heavy (non-hydrogen) atoms. The van der Waals surface area contributed by atoms with E-state index in [-0.39, 0.29) is 0 Å². The highest BCUT2D eigenvalue weighted by Gasteiger charge is 2.17. The molecule has 0 spiro atoms. The van der Waals surface area contributed by atoms with Crippen LogP contribution in [0.1, 0.15) is 11.1 Å². The van der Waals surface area contributed by atoms with Gasteiger partial charge in [0.25, 0.3) is 0 Å². The predicted octanol–water partition coefficient (Wildman–Crippen LogP) is 5.12. The lowest BCUT2D eigenvalue weighted by atomic mass is 10.2. The molecule has 0 N–H and O–H groups in total. The summed E-state index contributed by atoms with van der Waals surface area (Å²) in [6.07, 6.45) is 4.21. The quantitative estimate of drug-likeness (QED) is 0.611. The maximum absolute atomic E-state index is 5.36. The topological polar surface area (TPSA) is 9.23 Å². The highest BCUT2D eigenvalue weighted by atomic mass is 32.2. The lowest BCUT2D eigenvalue weighted by Crippen LogP contribution is -1.98. The second-order valence-corrected chi connectivity index (χ2v) is 8.87. The zero-order chi connectivity index (χ0) is 15.6. The van der Waals surface area contributed by atoms with E-state index in [1.807, 2.05) is 0 Å². The third-order valence-corrected chi connectivity index (χ3v) is 7.65. The third kappa shape index (κ3) is 2.67. The molecule has 0 amide bonds. The summed E-state index contributed by atoms with van der Waals surface area (Å²) >= 11 is 0. The summed E-state index contributed by atoms with van der Waals surface area (Å²) in [7, 11) is 0.0683. The normalized spacial score (nSPS) is 17.3. The standard InChI is InChI=1S/C20H22OS/c1-16-4-8-19(9-5-16)22(14-12-18(21-3)13-15-22)20-10-6-17(2)7-11-20/h4-15,22H,1-3H3. The minimum absolute atomic E-state index is 0.912. The van der Waals surface area contributed by atoms with Crippen LogP contribution in [0.2, 0.25) is 0 Å². The van der Waals surface area contributed by atoms with Crippen molar-refractivity contribution in [3.63, 3.8) is 0 Å². The molecule has 0 bridgehead atoms. The van der Waals surface area contributed by atoms with Gasteiger partial charge in [-0.05, 0) is 70.8 Å². The number of thiol groups is 1. The summed E-state index contributed by atoms with van der Waals surface area (Å²) in [6, 6.07) is 17.8. The SMILES string of the molecule is COC1=CC=[SH](c2ccc(C)cc2)(c2ccc(C)cc2)C=C1. The van der Waals surface area contributed by atoms with Crippen molar-refractivity contribution in [1.82, 2.24) is 0 Å². The van der Waals surface area contributed by atoms with E-state index < -0.39 is 9.62 Å². The van der Waals surface area contributed by atoms with Gasteiger partial charge >= 0.3 is 0 Å². The average Bonchev–Trinajstić information content (AvgIpc) is 2.56. The van der Waals surface area contributed by atoms with Crippen LogP contribution in [-0.2, 0) is 4.74 Å². The summed E-state index contributed by atoms with van der Waals surface area (Å²) in [5.74, 6) is 0.912. The molecule has 1 nitrogen and oxygen atoms in total. The van der Waals surface area contributed by atoms with E-state index in [2.05, 4.69) is 85.3 Å². The lowest BCUT2D eigenvalue weighted by molar-refractivity contribution is 0.307. The summed E-state index contributed by atoms with van der Waals surface area (Å²) in [5, 5.41) is 4.67. The Bertz CT molecular complexity index is 728. The van der Waals surface area contributed by atoms with Crippen LogP contribution < -0.4 is 0 Å². The molecule has 3 rings (SSSR count). The number of methoxy groups -OCH3 is 1. The zero-order valence-corrected chi connectivity index (χ0v) is 14.2. The monoisotopic (exact) mass is 310 g/mol. The van der Waals surface area contributed by atoms with E-state index in [0.717, 1.165) is 5.76 Å². The summed E-state index contributed by atoms with van der Waals surface area (Å²) in [5.41, 5.74) is 2.58. The Hall–Kier alpha value is -2.06. The number of aryl methyl sites for hydroxylation is 2. The molecule has 114 valence electrons. The second-order valence-electron chi connectivity index (χ2n) is 5.69. The van der Waals surface area contributed by atoms with E-state index >= 15 is 0 Å². The first-order chi connectivity index (χ1) is 10.6. The molecule has 1 aliphatic rings. The van der Waals surface area contributed by atoms with Gasteiger partial charge in [-0.3, -0.25) is 0 Å². The molecule has 1 aliphatic heterocycles. The molecule has 0 saturated heterocycles. The first-order valence-corrected chi connectivity index (χ1v) is 9.39. The van der Waals surface area contributed by atoms with Crippen LogP contribution in [0.4, 0.5) is 0 Å². The first-order valence-electron chi connectivity index (χ1n) is 7.46. The van der Waals surface area contributed by atoms with Crippen molar-refractivity contribution in [3.8, 4) is 0 Å². The van der Waals surface area contributed by atoms with Gasteiger partial charge in [0.2, 0.25) is 0 Å². The molecule has 2 aromatic carbocycles. The number of benzene rings is 2. The Morgan fingerprint density at radius 1 is 0.773 bits per heavy atom.